The van der Waals surface area contributed by atoms with Crippen molar-refractivity contribution in [3.63, 3.8) is 0 Å². The van der Waals surface area contributed by atoms with Crippen molar-refractivity contribution < 1.29 is 18.0 Å². The average Bonchev–Trinajstić information content (AvgIpc) is 3.13. The van der Waals surface area contributed by atoms with E-state index in [9.17, 15) is 18.0 Å². The molecule has 2 atom stereocenters. The van der Waals surface area contributed by atoms with Gasteiger partial charge in [0.1, 0.15) is 4.90 Å². The molecule has 3 fully saturated rings. The highest BCUT2D eigenvalue weighted by atomic mass is 32.2. The number of amides is 2. The highest BCUT2D eigenvalue weighted by Gasteiger charge is 2.51. The van der Waals surface area contributed by atoms with Gasteiger partial charge in [-0.15, -0.1) is 0 Å². The Morgan fingerprint density at radius 3 is 1.96 bits per heavy atom. The molecular weight excluding hydrogens is 356 g/mol. The average molecular weight is 380 g/mol. The lowest BCUT2D eigenvalue weighted by molar-refractivity contribution is -0.142. The zero-order valence-electron chi connectivity index (χ0n) is 15.3. The number of hydrogen-bond acceptors (Lipinski definition) is 5. The van der Waals surface area contributed by atoms with E-state index in [0.717, 1.165) is 12.8 Å². The summed E-state index contributed by atoms with van der Waals surface area (Å²) in [5.41, 5.74) is 1.14. The summed E-state index contributed by atoms with van der Waals surface area (Å²) in [5, 5.41) is 4.25. The first-order chi connectivity index (χ1) is 12.2. The maximum Gasteiger partial charge on any atom is 0.247 e. The van der Waals surface area contributed by atoms with Crippen molar-refractivity contribution in [2.45, 2.75) is 75.4 Å². The van der Waals surface area contributed by atoms with Gasteiger partial charge in [0.15, 0.2) is 0 Å². The van der Waals surface area contributed by atoms with Crippen LogP contribution in [0.1, 0.15) is 49.9 Å². The molecule has 26 heavy (non-hydrogen) atoms. The lowest BCUT2D eigenvalue weighted by Gasteiger charge is -2.40. The third-order valence-corrected chi connectivity index (χ3v) is 8.33. The first-order valence-corrected chi connectivity index (χ1v) is 10.5. The van der Waals surface area contributed by atoms with Gasteiger partial charge in [-0.1, -0.05) is 0 Å². The quantitative estimate of drug-likeness (QED) is 0.726. The highest BCUT2D eigenvalue weighted by molar-refractivity contribution is 7.89. The van der Waals surface area contributed by atoms with Crippen LogP contribution in [0.4, 0.5) is 0 Å². The molecular formula is C17H24N4O4S. The number of carbonyl (C=O) groups excluding carboxylic acids is 2. The molecule has 0 aromatic carbocycles. The third kappa shape index (κ3) is 2.44. The molecule has 2 bridgehead atoms. The van der Waals surface area contributed by atoms with E-state index in [1.807, 2.05) is 0 Å². The van der Waals surface area contributed by atoms with E-state index < -0.39 is 10.0 Å². The molecule has 0 N–H and O–H groups in total. The molecule has 9 heteroatoms. The summed E-state index contributed by atoms with van der Waals surface area (Å²) in [6, 6.07) is -0.495. The van der Waals surface area contributed by atoms with Crippen LogP contribution in [0.2, 0.25) is 0 Å². The number of sulfonamides is 1. The number of fused-ring (bicyclic) bond motifs is 2. The van der Waals surface area contributed by atoms with Crippen LogP contribution in [0.3, 0.4) is 0 Å². The summed E-state index contributed by atoms with van der Waals surface area (Å²) in [6.45, 7) is 3.49. The van der Waals surface area contributed by atoms with Gasteiger partial charge in [0.25, 0.3) is 0 Å². The van der Waals surface area contributed by atoms with E-state index in [2.05, 4.69) is 5.10 Å². The van der Waals surface area contributed by atoms with Gasteiger partial charge in [0.05, 0.1) is 11.4 Å². The molecule has 3 saturated heterocycles. The Hall–Kier alpha value is -1.74. The second kappa shape index (κ2) is 5.88. The molecule has 0 spiro atoms. The Morgan fingerprint density at radius 2 is 1.50 bits per heavy atom. The van der Waals surface area contributed by atoms with Gasteiger partial charge < -0.3 is 0 Å². The number of carbonyl (C=O) groups is 2. The minimum Gasteiger partial charge on any atom is -0.279 e. The van der Waals surface area contributed by atoms with Gasteiger partial charge >= 0.3 is 0 Å². The van der Waals surface area contributed by atoms with Crippen molar-refractivity contribution >= 4 is 21.8 Å². The topological polar surface area (TPSA) is 92.6 Å². The first kappa shape index (κ1) is 17.7. The largest absolute Gasteiger partial charge is 0.279 e. The first-order valence-electron chi connectivity index (χ1n) is 9.10. The fraction of sp³-hybridized carbons (Fsp3) is 0.706. The van der Waals surface area contributed by atoms with Crippen molar-refractivity contribution in [3.8, 4) is 0 Å². The second-order valence-corrected chi connectivity index (χ2v) is 9.41. The smallest absolute Gasteiger partial charge is 0.247 e. The highest BCUT2D eigenvalue weighted by Crippen LogP contribution is 2.42. The Morgan fingerprint density at radius 1 is 0.962 bits per heavy atom. The molecule has 1 aromatic rings. The van der Waals surface area contributed by atoms with Gasteiger partial charge in [-0.25, -0.2) is 8.42 Å². The van der Waals surface area contributed by atoms with Crippen LogP contribution in [0.5, 0.6) is 0 Å². The third-order valence-electron chi connectivity index (χ3n) is 6.07. The molecule has 0 aliphatic carbocycles. The van der Waals surface area contributed by atoms with Crippen molar-refractivity contribution in [1.82, 2.24) is 19.0 Å². The van der Waals surface area contributed by atoms with Crippen LogP contribution in [0.25, 0.3) is 0 Å². The Labute approximate surface area is 153 Å². The molecule has 2 amide bonds. The van der Waals surface area contributed by atoms with Gasteiger partial charge in [-0.05, 0) is 39.5 Å². The molecule has 3 aliphatic rings. The van der Waals surface area contributed by atoms with Crippen LogP contribution in [0.15, 0.2) is 4.90 Å². The number of likely N-dealkylation sites (tertiary alicyclic amines) is 1. The van der Waals surface area contributed by atoms with Crippen molar-refractivity contribution in [2.75, 3.05) is 0 Å². The van der Waals surface area contributed by atoms with Gasteiger partial charge in [0, 0.05) is 38.0 Å². The Bertz CT molecular complexity index is 861. The number of piperidine rings is 1. The lowest BCUT2D eigenvalue weighted by Crippen LogP contribution is -2.53. The summed E-state index contributed by atoms with van der Waals surface area (Å²) in [5.74, 6) is -0.232. The monoisotopic (exact) mass is 380 g/mol. The molecule has 4 heterocycles. The van der Waals surface area contributed by atoms with Gasteiger partial charge in [-0.3, -0.25) is 19.2 Å². The number of rotatable bonds is 3. The van der Waals surface area contributed by atoms with Crippen LogP contribution in [-0.2, 0) is 26.7 Å². The molecule has 4 rings (SSSR count). The summed E-state index contributed by atoms with van der Waals surface area (Å²) >= 11 is 0. The number of nitrogens with zero attached hydrogens (tertiary/aromatic N) is 4. The molecule has 1 aromatic heterocycles. The SMILES string of the molecule is Cc1nn(C)c(C)c1S(=O)(=O)N1C2CCC1CC(N1C(=O)CCC1=O)C2. The van der Waals surface area contributed by atoms with Crippen molar-refractivity contribution in [2.24, 2.45) is 7.05 Å². The minimum atomic E-state index is -3.65. The van der Waals surface area contributed by atoms with Crippen LogP contribution < -0.4 is 0 Å². The van der Waals surface area contributed by atoms with E-state index >= 15 is 0 Å². The number of aromatic nitrogens is 2. The van der Waals surface area contributed by atoms with E-state index in [1.165, 1.54) is 4.90 Å². The maximum absolute atomic E-state index is 13.4. The van der Waals surface area contributed by atoms with Crippen LogP contribution in [-0.4, -0.2) is 57.3 Å². The summed E-state index contributed by atoms with van der Waals surface area (Å²) in [4.78, 5) is 25.8. The summed E-state index contributed by atoms with van der Waals surface area (Å²) in [6.07, 6.45) is 3.17. The Balaban J connectivity index is 1.64. The zero-order valence-corrected chi connectivity index (χ0v) is 16.1. The predicted octanol–water partition coefficient (Wildman–Crippen LogP) is 0.870. The molecule has 0 saturated carbocycles. The second-order valence-electron chi connectivity index (χ2n) is 7.63. The van der Waals surface area contributed by atoms with Crippen molar-refractivity contribution in [1.29, 1.82) is 0 Å². The molecule has 0 radical (unpaired) electrons. The number of imide groups is 1. The minimum absolute atomic E-state index is 0.116. The van der Waals surface area contributed by atoms with Gasteiger partial charge in [0.2, 0.25) is 21.8 Å². The number of hydrogen-bond donors (Lipinski definition) is 0. The lowest BCUT2D eigenvalue weighted by atomic mass is 9.98. The van der Waals surface area contributed by atoms with E-state index in [4.69, 9.17) is 0 Å². The molecule has 3 aliphatic heterocycles. The standard InChI is InChI=1S/C17H24N4O4S/c1-10-17(11(2)19(3)18-10)26(24,25)21-12-4-5-13(21)9-14(8-12)20-15(22)6-7-16(20)23/h12-14H,4-9H2,1-3H3. The Kier molecular flexibility index (Phi) is 4.00. The van der Waals surface area contributed by atoms with Crippen LogP contribution in [0, 0.1) is 13.8 Å². The fourth-order valence-electron chi connectivity index (χ4n) is 4.94. The molecule has 142 valence electrons. The predicted molar refractivity (Wildman–Crippen MR) is 92.6 cm³/mol. The summed E-state index contributed by atoms with van der Waals surface area (Å²) < 4.78 is 30.0. The zero-order chi connectivity index (χ0) is 18.8. The molecule has 8 nitrogen and oxygen atoms in total. The maximum atomic E-state index is 13.4. The fourth-order valence-corrected chi connectivity index (χ4v) is 7.24. The van der Waals surface area contributed by atoms with E-state index in [0.29, 0.717) is 29.1 Å². The van der Waals surface area contributed by atoms with Gasteiger partial charge in [-0.2, -0.15) is 9.40 Å². The normalized spacial score (nSPS) is 29.8. The molecule has 2 unspecified atom stereocenters. The van der Waals surface area contributed by atoms with E-state index in [-0.39, 0.29) is 42.8 Å². The van der Waals surface area contributed by atoms with Crippen molar-refractivity contribution in [3.05, 3.63) is 11.4 Å². The number of aryl methyl sites for hydroxylation is 2. The summed E-state index contributed by atoms with van der Waals surface area (Å²) in [7, 11) is -1.91. The van der Waals surface area contributed by atoms with E-state index in [1.54, 1.807) is 29.9 Å². The van der Waals surface area contributed by atoms with Crippen LogP contribution >= 0.6 is 0 Å².